The van der Waals surface area contributed by atoms with Crippen LogP contribution in [0.5, 0.6) is 0 Å². The molecule has 2 aliphatic carbocycles. The third-order valence-corrected chi connectivity index (χ3v) is 3.79. The van der Waals surface area contributed by atoms with Crippen molar-refractivity contribution in [3.05, 3.63) is 0 Å². The highest BCUT2D eigenvalue weighted by molar-refractivity contribution is 5.66. The van der Waals surface area contributed by atoms with Gasteiger partial charge in [0, 0.05) is 19.8 Å². The quantitative estimate of drug-likeness (QED) is 0.685. The molecular formula is C12H18O4. The molecule has 4 heteroatoms. The van der Waals surface area contributed by atoms with E-state index in [9.17, 15) is 9.59 Å². The van der Waals surface area contributed by atoms with Gasteiger partial charge in [0.05, 0.1) is 6.61 Å². The number of fused-ring (bicyclic) bond motifs is 2. The number of esters is 2. The molecular weight excluding hydrogens is 208 g/mol. The zero-order valence-electron chi connectivity index (χ0n) is 9.77. The van der Waals surface area contributed by atoms with E-state index < -0.39 is 0 Å². The fourth-order valence-corrected chi connectivity index (χ4v) is 3.18. The van der Waals surface area contributed by atoms with Crippen molar-refractivity contribution < 1.29 is 19.1 Å². The molecule has 90 valence electrons. The smallest absolute Gasteiger partial charge is 0.302 e. The summed E-state index contributed by atoms with van der Waals surface area (Å²) in [7, 11) is 0. The Kier molecular flexibility index (Phi) is 3.17. The van der Waals surface area contributed by atoms with Crippen LogP contribution in [0.3, 0.4) is 0 Å². The molecule has 0 unspecified atom stereocenters. The monoisotopic (exact) mass is 226 g/mol. The van der Waals surface area contributed by atoms with Gasteiger partial charge in [0.1, 0.15) is 6.10 Å². The van der Waals surface area contributed by atoms with Crippen LogP contribution in [0.15, 0.2) is 0 Å². The first-order chi connectivity index (χ1) is 7.58. The highest BCUT2D eigenvalue weighted by Crippen LogP contribution is 2.49. The number of hydrogen-bond acceptors (Lipinski definition) is 4. The normalized spacial score (nSPS) is 36.1. The van der Waals surface area contributed by atoms with Crippen LogP contribution in [0.4, 0.5) is 0 Å². The number of carbonyl (C=O) groups excluding carboxylic acids is 2. The molecule has 0 aliphatic heterocycles. The standard InChI is InChI=1S/C12H18O4/c1-7(13)15-6-11-9-3-4-10(5-9)12(11)16-8(2)14/h9-12H,3-6H2,1-2H3/t9-,10+,11+,12-/m0/s1. The van der Waals surface area contributed by atoms with Gasteiger partial charge in [-0.1, -0.05) is 0 Å². The van der Waals surface area contributed by atoms with Crippen LogP contribution >= 0.6 is 0 Å². The summed E-state index contributed by atoms with van der Waals surface area (Å²) in [5.41, 5.74) is 0. The van der Waals surface area contributed by atoms with E-state index in [0.29, 0.717) is 18.4 Å². The molecule has 0 aromatic rings. The number of hydrogen-bond donors (Lipinski definition) is 0. The van der Waals surface area contributed by atoms with E-state index in [1.54, 1.807) is 0 Å². The van der Waals surface area contributed by atoms with Crippen LogP contribution < -0.4 is 0 Å². The maximum Gasteiger partial charge on any atom is 0.302 e. The fourth-order valence-electron chi connectivity index (χ4n) is 3.18. The van der Waals surface area contributed by atoms with Crippen molar-refractivity contribution in [2.45, 2.75) is 39.2 Å². The summed E-state index contributed by atoms with van der Waals surface area (Å²) >= 11 is 0. The van der Waals surface area contributed by atoms with Crippen molar-refractivity contribution in [1.82, 2.24) is 0 Å². The van der Waals surface area contributed by atoms with Crippen LogP contribution in [-0.2, 0) is 19.1 Å². The Bertz CT molecular complexity index is 299. The molecule has 2 aliphatic rings. The minimum atomic E-state index is -0.260. The highest BCUT2D eigenvalue weighted by atomic mass is 16.6. The van der Waals surface area contributed by atoms with Crippen molar-refractivity contribution >= 4 is 11.9 Å². The summed E-state index contributed by atoms with van der Waals surface area (Å²) in [5.74, 6) is 0.768. The average molecular weight is 226 g/mol. The largest absolute Gasteiger partial charge is 0.465 e. The fraction of sp³-hybridized carbons (Fsp3) is 0.833. The van der Waals surface area contributed by atoms with Crippen LogP contribution in [-0.4, -0.2) is 24.6 Å². The minimum Gasteiger partial charge on any atom is -0.465 e. The van der Waals surface area contributed by atoms with Crippen molar-refractivity contribution in [3.63, 3.8) is 0 Å². The SMILES string of the molecule is CC(=O)OC[C@@H]1[C@H]2CC[C@H](C2)[C@@H]1OC(C)=O. The van der Waals surface area contributed by atoms with Gasteiger partial charge < -0.3 is 9.47 Å². The Hall–Kier alpha value is -1.06. The Labute approximate surface area is 95.3 Å². The third kappa shape index (κ3) is 2.20. The molecule has 0 amide bonds. The van der Waals surface area contributed by atoms with E-state index in [1.165, 1.54) is 20.3 Å². The first-order valence-corrected chi connectivity index (χ1v) is 5.88. The molecule has 16 heavy (non-hydrogen) atoms. The first kappa shape index (κ1) is 11.4. The number of carbonyl (C=O) groups is 2. The molecule has 2 fully saturated rings. The predicted molar refractivity (Wildman–Crippen MR) is 56.5 cm³/mol. The maximum absolute atomic E-state index is 11.0. The minimum absolute atomic E-state index is 0.0319. The van der Waals surface area contributed by atoms with Gasteiger partial charge in [-0.05, 0) is 31.1 Å². The van der Waals surface area contributed by atoms with Crippen molar-refractivity contribution in [1.29, 1.82) is 0 Å². The number of rotatable bonds is 3. The van der Waals surface area contributed by atoms with E-state index >= 15 is 0 Å². The topological polar surface area (TPSA) is 52.6 Å². The Morgan fingerprint density at radius 2 is 1.81 bits per heavy atom. The zero-order valence-corrected chi connectivity index (χ0v) is 9.77. The van der Waals surface area contributed by atoms with Crippen LogP contribution in [0, 0.1) is 17.8 Å². The first-order valence-electron chi connectivity index (χ1n) is 5.88. The molecule has 2 bridgehead atoms. The van der Waals surface area contributed by atoms with Gasteiger partial charge in [-0.15, -0.1) is 0 Å². The van der Waals surface area contributed by atoms with E-state index in [4.69, 9.17) is 9.47 Å². The second-order valence-electron chi connectivity index (χ2n) is 4.87. The molecule has 0 saturated heterocycles. The lowest BCUT2D eigenvalue weighted by molar-refractivity contribution is -0.155. The van der Waals surface area contributed by atoms with Crippen molar-refractivity contribution in [3.8, 4) is 0 Å². The summed E-state index contributed by atoms with van der Waals surface area (Å²) in [4.78, 5) is 21.8. The molecule has 2 saturated carbocycles. The van der Waals surface area contributed by atoms with Gasteiger partial charge in [-0.25, -0.2) is 0 Å². The van der Waals surface area contributed by atoms with E-state index in [-0.39, 0.29) is 24.0 Å². The van der Waals surface area contributed by atoms with E-state index in [1.807, 2.05) is 0 Å². The van der Waals surface area contributed by atoms with E-state index in [0.717, 1.165) is 12.8 Å². The molecule has 4 nitrogen and oxygen atoms in total. The molecule has 0 spiro atoms. The van der Waals surface area contributed by atoms with Crippen molar-refractivity contribution in [2.75, 3.05) is 6.61 Å². The lowest BCUT2D eigenvalue weighted by Gasteiger charge is -2.29. The molecule has 0 aromatic carbocycles. The highest BCUT2D eigenvalue weighted by Gasteiger charge is 2.49. The summed E-state index contributed by atoms with van der Waals surface area (Å²) < 4.78 is 10.4. The molecule has 4 atom stereocenters. The predicted octanol–water partition coefficient (Wildman–Crippen LogP) is 1.53. The van der Waals surface area contributed by atoms with E-state index in [2.05, 4.69) is 0 Å². The lowest BCUT2D eigenvalue weighted by Crippen LogP contribution is -2.35. The summed E-state index contributed by atoms with van der Waals surface area (Å²) in [6, 6.07) is 0. The molecule has 0 radical (unpaired) electrons. The van der Waals surface area contributed by atoms with Crippen LogP contribution in [0.1, 0.15) is 33.1 Å². The van der Waals surface area contributed by atoms with Gasteiger partial charge in [-0.3, -0.25) is 9.59 Å². The van der Waals surface area contributed by atoms with Gasteiger partial charge in [0.2, 0.25) is 0 Å². The van der Waals surface area contributed by atoms with Crippen molar-refractivity contribution in [2.24, 2.45) is 17.8 Å². The lowest BCUT2D eigenvalue weighted by atomic mass is 9.87. The average Bonchev–Trinajstić information content (AvgIpc) is 2.74. The molecule has 2 rings (SSSR count). The Morgan fingerprint density at radius 3 is 2.44 bits per heavy atom. The second kappa shape index (κ2) is 4.44. The molecule has 0 heterocycles. The van der Waals surface area contributed by atoms with Gasteiger partial charge in [-0.2, -0.15) is 0 Å². The summed E-state index contributed by atoms with van der Waals surface area (Å²) in [6.45, 7) is 3.25. The second-order valence-corrected chi connectivity index (χ2v) is 4.87. The van der Waals surface area contributed by atoms with Crippen LogP contribution in [0.25, 0.3) is 0 Å². The third-order valence-electron chi connectivity index (χ3n) is 3.79. The van der Waals surface area contributed by atoms with Gasteiger partial charge >= 0.3 is 11.9 Å². The summed E-state index contributed by atoms with van der Waals surface area (Å²) in [5, 5.41) is 0. The Morgan fingerprint density at radius 1 is 1.12 bits per heavy atom. The van der Waals surface area contributed by atoms with Gasteiger partial charge in [0.25, 0.3) is 0 Å². The number of ether oxygens (including phenoxy) is 2. The van der Waals surface area contributed by atoms with Crippen LogP contribution in [0.2, 0.25) is 0 Å². The maximum atomic E-state index is 11.0. The Balaban J connectivity index is 1.97. The molecule has 0 aromatic heterocycles. The summed E-state index contributed by atoms with van der Waals surface area (Å²) in [6.07, 6.45) is 3.40. The van der Waals surface area contributed by atoms with Gasteiger partial charge in [0.15, 0.2) is 0 Å². The zero-order chi connectivity index (χ0) is 11.7. The molecule has 0 N–H and O–H groups in total.